The Balaban J connectivity index is 1.77. The Hall–Kier alpha value is -1.31. The molecule has 6 heteroatoms. The van der Waals surface area contributed by atoms with E-state index in [1.807, 2.05) is 20.8 Å². The molecule has 0 atom stereocenters. The molecular formula is C16H20INO4. The number of nitrogens with zero attached hydrogens (tertiary/aromatic N) is 1. The van der Waals surface area contributed by atoms with Crippen LogP contribution < -0.4 is 4.74 Å². The van der Waals surface area contributed by atoms with Crippen molar-refractivity contribution in [1.29, 1.82) is 0 Å². The van der Waals surface area contributed by atoms with E-state index in [0.717, 1.165) is 15.6 Å². The van der Waals surface area contributed by atoms with Gasteiger partial charge in [0.05, 0.1) is 10.2 Å². The molecule has 120 valence electrons. The number of ether oxygens (including phenoxy) is 2. The zero-order chi connectivity index (χ0) is 16.3. The maximum Gasteiger partial charge on any atom is 0.410 e. The smallest absolute Gasteiger partial charge is 0.410 e. The lowest BCUT2D eigenvalue weighted by Gasteiger charge is -2.39. The van der Waals surface area contributed by atoms with Gasteiger partial charge < -0.3 is 14.4 Å². The van der Waals surface area contributed by atoms with Crippen LogP contribution in [0.25, 0.3) is 0 Å². The molecule has 1 saturated heterocycles. The summed E-state index contributed by atoms with van der Waals surface area (Å²) >= 11 is 2.15. The molecule has 1 heterocycles. The van der Waals surface area contributed by atoms with Crippen molar-refractivity contribution < 1.29 is 19.1 Å². The fourth-order valence-electron chi connectivity index (χ4n) is 2.07. The number of hydrogen-bond donors (Lipinski definition) is 0. The maximum atomic E-state index is 11.8. The molecule has 1 aromatic carbocycles. The van der Waals surface area contributed by atoms with Gasteiger partial charge in [-0.25, -0.2) is 4.79 Å². The second kappa shape index (κ2) is 6.85. The van der Waals surface area contributed by atoms with Crippen molar-refractivity contribution >= 4 is 35.0 Å². The summed E-state index contributed by atoms with van der Waals surface area (Å²) in [5, 5.41) is 0. The number of benzene rings is 1. The summed E-state index contributed by atoms with van der Waals surface area (Å²) in [5.41, 5.74) is 0.172. The first kappa shape index (κ1) is 17.1. The molecule has 0 aromatic heterocycles. The summed E-state index contributed by atoms with van der Waals surface area (Å²) in [4.78, 5) is 24.2. The molecule has 5 nitrogen and oxygen atoms in total. The fourth-order valence-corrected chi connectivity index (χ4v) is 2.76. The van der Waals surface area contributed by atoms with Crippen molar-refractivity contribution in [3.05, 3.63) is 27.3 Å². The molecule has 0 N–H and O–H groups in total. The van der Waals surface area contributed by atoms with E-state index >= 15 is 0 Å². The number of halogens is 1. The van der Waals surface area contributed by atoms with Gasteiger partial charge in [0.15, 0.2) is 0 Å². The van der Waals surface area contributed by atoms with E-state index in [2.05, 4.69) is 22.6 Å². The summed E-state index contributed by atoms with van der Waals surface area (Å²) in [7, 11) is 0. The van der Waals surface area contributed by atoms with Gasteiger partial charge in [-0.2, -0.15) is 0 Å². The quantitative estimate of drug-likeness (QED) is 0.557. The van der Waals surface area contributed by atoms with Gasteiger partial charge in [0.1, 0.15) is 17.6 Å². The van der Waals surface area contributed by atoms with E-state index in [1.54, 1.807) is 23.1 Å². The van der Waals surface area contributed by atoms with Crippen LogP contribution in [0.1, 0.15) is 31.1 Å². The van der Waals surface area contributed by atoms with Crippen molar-refractivity contribution in [3.8, 4) is 5.75 Å². The Kier molecular flexibility index (Phi) is 5.31. The van der Waals surface area contributed by atoms with E-state index in [9.17, 15) is 9.59 Å². The number of aldehydes is 1. The van der Waals surface area contributed by atoms with E-state index < -0.39 is 5.60 Å². The van der Waals surface area contributed by atoms with Crippen LogP contribution in [0.5, 0.6) is 5.75 Å². The van der Waals surface area contributed by atoms with Gasteiger partial charge in [-0.05, 0) is 61.6 Å². The monoisotopic (exact) mass is 417 g/mol. The second-order valence-corrected chi connectivity index (χ2v) is 7.53. The normalized spacial score (nSPS) is 15.2. The zero-order valence-corrected chi connectivity index (χ0v) is 15.1. The van der Waals surface area contributed by atoms with Crippen molar-refractivity contribution in [3.63, 3.8) is 0 Å². The zero-order valence-electron chi connectivity index (χ0n) is 13.0. The topological polar surface area (TPSA) is 55.8 Å². The lowest BCUT2D eigenvalue weighted by molar-refractivity contribution is -0.00786. The van der Waals surface area contributed by atoms with Crippen LogP contribution in [0.15, 0.2) is 18.2 Å². The SMILES string of the molecule is CC(C)(C)OC(=O)N1CC(COc2ccc(C=O)cc2I)C1. The van der Waals surface area contributed by atoms with Crippen LogP contribution in [-0.2, 0) is 4.74 Å². The Bertz CT molecular complexity index is 562. The van der Waals surface area contributed by atoms with E-state index in [0.29, 0.717) is 31.2 Å². The minimum Gasteiger partial charge on any atom is -0.492 e. The minimum absolute atomic E-state index is 0.270. The van der Waals surface area contributed by atoms with E-state index in [-0.39, 0.29) is 6.09 Å². The minimum atomic E-state index is -0.463. The highest BCUT2D eigenvalue weighted by Crippen LogP contribution is 2.24. The lowest BCUT2D eigenvalue weighted by atomic mass is 10.0. The summed E-state index contributed by atoms with van der Waals surface area (Å²) in [6, 6.07) is 5.32. The molecule has 0 spiro atoms. The fraction of sp³-hybridized carbons (Fsp3) is 0.500. The molecule has 1 aliphatic rings. The van der Waals surface area contributed by atoms with Gasteiger partial charge in [0.25, 0.3) is 0 Å². The molecule has 2 rings (SSSR count). The molecule has 1 aromatic rings. The Labute approximate surface area is 144 Å². The lowest BCUT2D eigenvalue weighted by Crippen LogP contribution is -2.53. The van der Waals surface area contributed by atoms with Gasteiger partial charge in [-0.1, -0.05) is 0 Å². The van der Waals surface area contributed by atoms with E-state index in [1.165, 1.54) is 0 Å². The molecule has 0 unspecified atom stereocenters. The number of carbonyl (C=O) groups is 2. The van der Waals surface area contributed by atoms with Crippen molar-refractivity contribution in [2.75, 3.05) is 19.7 Å². The van der Waals surface area contributed by atoms with Crippen LogP contribution in [-0.4, -0.2) is 42.6 Å². The third kappa shape index (κ3) is 4.59. The highest BCUT2D eigenvalue weighted by molar-refractivity contribution is 14.1. The third-order valence-corrected chi connectivity index (χ3v) is 4.02. The van der Waals surface area contributed by atoms with Crippen molar-refractivity contribution in [1.82, 2.24) is 4.90 Å². The highest BCUT2D eigenvalue weighted by Gasteiger charge is 2.34. The summed E-state index contributed by atoms with van der Waals surface area (Å²) in [6.07, 6.45) is 0.546. The first-order valence-electron chi connectivity index (χ1n) is 7.14. The average Bonchev–Trinajstić information content (AvgIpc) is 2.36. The van der Waals surface area contributed by atoms with Crippen LogP contribution in [0, 0.1) is 9.49 Å². The van der Waals surface area contributed by atoms with Crippen LogP contribution in [0.4, 0.5) is 4.79 Å². The predicted molar refractivity (Wildman–Crippen MR) is 91.3 cm³/mol. The summed E-state index contributed by atoms with van der Waals surface area (Å²) in [6.45, 7) is 7.42. The van der Waals surface area contributed by atoms with Crippen molar-refractivity contribution in [2.24, 2.45) is 5.92 Å². The number of amides is 1. The number of rotatable bonds is 4. The van der Waals surface area contributed by atoms with Gasteiger partial charge in [0, 0.05) is 24.6 Å². The molecule has 1 amide bonds. The molecular weight excluding hydrogens is 397 g/mol. The number of carbonyl (C=O) groups excluding carboxylic acids is 2. The van der Waals surface area contributed by atoms with Gasteiger partial charge in [0.2, 0.25) is 0 Å². The third-order valence-electron chi connectivity index (χ3n) is 3.18. The molecule has 22 heavy (non-hydrogen) atoms. The molecule has 0 saturated carbocycles. The predicted octanol–water partition coefficient (Wildman–Crippen LogP) is 3.35. The first-order valence-corrected chi connectivity index (χ1v) is 8.22. The Morgan fingerprint density at radius 1 is 1.41 bits per heavy atom. The summed E-state index contributed by atoms with van der Waals surface area (Å²) in [5.74, 6) is 1.08. The number of likely N-dealkylation sites (tertiary alicyclic amines) is 1. The largest absolute Gasteiger partial charge is 0.492 e. The van der Waals surface area contributed by atoms with Gasteiger partial charge >= 0.3 is 6.09 Å². The number of hydrogen-bond acceptors (Lipinski definition) is 4. The van der Waals surface area contributed by atoms with Gasteiger partial charge in [-0.15, -0.1) is 0 Å². The van der Waals surface area contributed by atoms with Gasteiger partial charge in [-0.3, -0.25) is 4.79 Å². The molecule has 1 fully saturated rings. The molecule has 0 radical (unpaired) electrons. The standard InChI is InChI=1S/C16H20INO4/c1-16(2,3)22-15(20)18-7-12(8-18)10-21-14-5-4-11(9-19)6-13(14)17/h4-6,9,12H,7-8,10H2,1-3H3. The van der Waals surface area contributed by atoms with Crippen molar-refractivity contribution in [2.45, 2.75) is 26.4 Å². The Morgan fingerprint density at radius 2 is 2.09 bits per heavy atom. The first-order chi connectivity index (χ1) is 10.3. The summed E-state index contributed by atoms with van der Waals surface area (Å²) < 4.78 is 12.0. The Morgan fingerprint density at radius 3 is 2.64 bits per heavy atom. The average molecular weight is 417 g/mol. The van der Waals surface area contributed by atoms with Crippen LogP contribution >= 0.6 is 22.6 Å². The highest BCUT2D eigenvalue weighted by atomic mass is 127. The van der Waals surface area contributed by atoms with Crippen LogP contribution in [0.3, 0.4) is 0 Å². The second-order valence-electron chi connectivity index (χ2n) is 6.37. The molecule has 1 aliphatic heterocycles. The van der Waals surface area contributed by atoms with Crippen LogP contribution in [0.2, 0.25) is 0 Å². The van der Waals surface area contributed by atoms with E-state index in [4.69, 9.17) is 9.47 Å². The maximum absolute atomic E-state index is 11.8. The molecule has 0 bridgehead atoms. The molecule has 0 aliphatic carbocycles.